The van der Waals surface area contributed by atoms with Crippen molar-refractivity contribution in [1.82, 2.24) is 14.5 Å². The number of nitrogens with one attached hydrogen (secondary N) is 2. The SMILES string of the molecule is CC(C)C(=O)Nc1nc(CC(=O)Nc2nc3ccccc3n2C(C)(C)C)cs1. The van der Waals surface area contributed by atoms with E-state index in [9.17, 15) is 9.59 Å². The van der Waals surface area contributed by atoms with Crippen LogP contribution in [0.5, 0.6) is 0 Å². The van der Waals surface area contributed by atoms with Gasteiger partial charge in [-0.05, 0) is 32.9 Å². The Hall–Kier alpha value is -2.74. The minimum Gasteiger partial charge on any atom is -0.305 e. The Bertz CT molecular complexity index is 1010. The first-order chi connectivity index (χ1) is 13.1. The average molecular weight is 400 g/mol. The Morgan fingerprint density at radius 2 is 1.86 bits per heavy atom. The van der Waals surface area contributed by atoms with E-state index in [2.05, 4.69) is 41.4 Å². The molecule has 2 aromatic heterocycles. The molecule has 148 valence electrons. The third-order valence-corrected chi connectivity index (χ3v) is 4.94. The molecular weight excluding hydrogens is 374 g/mol. The van der Waals surface area contributed by atoms with Crippen LogP contribution < -0.4 is 10.6 Å². The van der Waals surface area contributed by atoms with Gasteiger partial charge in [0, 0.05) is 16.8 Å². The quantitative estimate of drug-likeness (QED) is 0.678. The molecule has 0 aliphatic rings. The zero-order valence-electron chi connectivity index (χ0n) is 16.7. The monoisotopic (exact) mass is 399 g/mol. The highest BCUT2D eigenvalue weighted by Gasteiger charge is 2.23. The van der Waals surface area contributed by atoms with Crippen LogP contribution in [0, 0.1) is 5.92 Å². The highest BCUT2D eigenvalue weighted by atomic mass is 32.1. The molecule has 0 spiro atoms. The molecular formula is C20H25N5O2S. The normalized spacial score (nSPS) is 11.8. The van der Waals surface area contributed by atoms with Crippen molar-refractivity contribution in [2.75, 3.05) is 10.6 Å². The van der Waals surface area contributed by atoms with Crippen molar-refractivity contribution >= 4 is 45.3 Å². The molecule has 7 nitrogen and oxygen atoms in total. The molecule has 0 aliphatic heterocycles. The van der Waals surface area contributed by atoms with Crippen molar-refractivity contribution in [2.24, 2.45) is 5.92 Å². The predicted molar refractivity (Wildman–Crippen MR) is 113 cm³/mol. The van der Waals surface area contributed by atoms with Crippen molar-refractivity contribution in [3.05, 3.63) is 35.3 Å². The van der Waals surface area contributed by atoms with E-state index >= 15 is 0 Å². The molecule has 0 fully saturated rings. The van der Waals surface area contributed by atoms with Crippen LogP contribution in [0.2, 0.25) is 0 Å². The second-order valence-corrected chi connectivity index (χ2v) is 8.80. The van der Waals surface area contributed by atoms with Crippen molar-refractivity contribution in [3.8, 4) is 0 Å². The van der Waals surface area contributed by atoms with Gasteiger partial charge in [-0.15, -0.1) is 11.3 Å². The van der Waals surface area contributed by atoms with E-state index in [4.69, 9.17) is 0 Å². The lowest BCUT2D eigenvalue weighted by Gasteiger charge is -2.24. The Morgan fingerprint density at radius 3 is 2.54 bits per heavy atom. The number of anilines is 2. The molecule has 0 radical (unpaired) electrons. The molecule has 28 heavy (non-hydrogen) atoms. The number of amides is 2. The lowest BCUT2D eigenvalue weighted by molar-refractivity contribution is -0.119. The summed E-state index contributed by atoms with van der Waals surface area (Å²) in [6.07, 6.45) is 0.112. The number of thiazole rings is 1. The maximum Gasteiger partial charge on any atom is 0.232 e. The first kappa shape index (κ1) is 20.0. The predicted octanol–water partition coefficient (Wildman–Crippen LogP) is 4.02. The minimum absolute atomic E-state index is 0.0933. The molecule has 0 saturated heterocycles. The number of nitrogens with zero attached hydrogens (tertiary/aromatic N) is 3. The number of benzene rings is 1. The first-order valence-electron chi connectivity index (χ1n) is 9.18. The van der Waals surface area contributed by atoms with Gasteiger partial charge in [0.05, 0.1) is 23.1 Å². The number of aromatic nitrogens is 3. The van der Waals surface area contributed by atoms with Gasteiger partial charge in [0.1, 0.15) is 0 Å². The zero-order chi connectivity index (χ0) is 20.5. The topological polar surface area (TPSA) is 88.9 Å². The summed E-state index contributed by atoms with van der Waals surface area (Å²) in [5.41, 5.74) is 2.17. The van der Waals surface area contributed by atoms with Gasteiger partial charge in [0.2, 0.25) is 17.8 Å². The molecule has 0 aliphatic carbocycles. The van der Waals surface area contributed by atoms with Crippen molar-refractivity contribution < 1.29 is 9.59 Å². The van der Waals surface area contributed by atoms with E-state index < -0.39 is 0 Å². The molecule has 0 saturated carbocycles. The van der Waals surface area contributed by atoms with Gasteiger partial charge in [-0.2, -0.15) is 0 Å². The summed E-state index contributed by atoms with van der Waals surface area (Å²) in [6.45, 7) is 9.85. The molecule has 2 amide bonds. The van der Waals surface area contributed by atoms with Crippen molar-refractivity contribution in [2.45, 2.75) is 46.6 Å². The summed E-state index contributed by atoms with van der Waals surface area (Å²) >= 11 is 1.31. The highest BCUT2D eigenvalue weighted by Crippen LogP contribution is 2.28. The fourth-order valence-corrected chi connectivity index (χ4v) is 3.53. The molecule has 3 aromatic rings. The standard InChI is InChI=1S/C20H25N5O2S/c1-12(2)17(27)24-19-21-13(11-28-19)10-16(26)23-18-22-14-8-6-7-9-15(14)25(18)20(3,4)5/h6-9,11-12H,10H2,1-5H3,(H,21,24,27)(H,22,23,26). The molecule has 0 unspecified atom stereocenters. The first-order valence-corrected chi connectivity index (χ1v) is 10.1. The number of hydrogen-bond donors (Lipinski definition) is 2. The molecule has 2 heterocycles. The van der Waals surface area contributed by atoms with Crippen LogP contribution in [0.15, 0.2) is 29.6 Å². The van der Waals surface area contributed by atoms with Gasteiger partial charge in [-0.3, -0.25) is 14.9 Å². The second kappa shape index (κ2) is 7.71. The third-order valence-electron chi connectivity index (χ3n) is 4.13. The van der Waals surface area contributed by atoms with Gasteiger partial charge in [0.25, 0.3) is 0 Å². The lowest BCUT2D eigenvalue weighted by atomic mass is 10.1. The average Bonchev–Trinajstić information content (AvgIpc) is 3.17. The molecule has 3 rings (SSSR count). The van der Waals surface area contributed by atoms with E-state index in [1.54, 1.807) is 5.38 Å². The fraction of sp³-hybridized carbons (Fsp3) is 0.400. The maximum atomic E-state index is 12.6. The maximum absolute atomic E-state index is 12.6. The van der Waals surface area contributed by atoms with E-state index in [1.165, 1.54) is 11.3 Å². The molecule has 1 aromatic carbocycles. The van der Waals surface area contributed by atoms with E-state index in [0.717, 1.165) is 11.0 Å². The number of para-hydroxylation sites is 2. The minimum atomic E-state index is -0.242. The number of rotatable bonds is 5. The Morgan fingerprint density at radius 1 is 1.14 bits per heavy atom. The number of fused-ring (bicyclic) bond motifs is 1. The Balaban J connectivity index is 1.76. The van der Waals surface area contributed by atoms with E-state index in [1.807, 2.05) is 42.7 Å². The zero-order valence-corrected chi connectivity index (χ0v) is 17.6. The third kappa shape index (κ3) is 4.39. The van der Waals surface area contributed by atoms with E-state index in [0.29, 0.717) is 16.8 Å². The summed E-state index contributed by atoms with van der Waals surface area (Å²) in [5, 5.41) is 7.95. The summed E-state index contributed by atoms with van der Waals surface area (Å²) in [7, 11) is 0. The molecule has 2 N–H and O–H groups in total. The number of carbonyl (C=O) groups excluding carboxylic acids is 2. The van der Waals surface area contributed by atoms with Crippen LogP contribution in [0.25, 0.3) is 11.0 Å². The van der Waals surface area contributed by atoms with Crippen LogP contribution >= 0.6 is 11.3 Å². The Kier molecular flexibility index (Phi) is 5.51. The van der Waals surface area contributed by atoms with Gasteiger partial charge >= 0.3 is 0 Å². The smallest absolute Gasteiger partial charge is 0.232 e. The van der Waals surface area contributed by atoms with Crippen LogP contribution in [-0.4, -0.2) is 26.3 Å². The van der Waals surface area contributed by atoms with Crippen molar-refractivity contribution in [3.63, 3.8) is 0 Å². The van der Waals surface area contributed by atoms with Gasteiger partial charge in [-0.1, -0.05) is 26.0 Å². The van der Waals surface area contributed by atoms with Crippen molar-refractivity contribution in [1.29, 1.82) is 0 Å². The molecule has 0 atom stereocenters. The van der Waals surface area contributed by atoms with Crippen LogP contribution in [-0.2, 0) is 21.5 Å². The molecule has 8 heteroatoms. The van der Waals surface area contributed by atoms with Gasteiger partial charge in [-0.25, -0.2) is 9.97 Å². The number of hydrogen-bond acceptors (Lipinski definition) is 5. The lowest BCUT2D eigenvalue weighted by Crippen LogP contribution is -2.26. The molecule has 0 bridgehead atoms. The Labute approximate surface area is 168 Å². The van der Waals surface area contributed by atoms with Gasteiger partial charge < -0.3 is 9.88 Å². The summed E-state index contributed by atoms with van der Waals surface area (Å²) in [4.78, 5) is 33.3. The fourth-order valence-electron chi connectivity index (χ4n) is 2.82. The number of imidazole rings is 1. The second-order valence-electron chi connectivity index (χ2n) is 7.94. The summed E-state index contributed by atoms with van der Waals surface area (Å²) in [5.74, 6) is 0.0976. The highest BCUT2D eigenvalue weighted by molar-refractivity contribution is 7.13. The number of carbonyl (C=O) groups is 2. The van der Waals surface area contributed by atoms with Crippen LogP contribution in [0.1, 0.15) is 40.3 Å². The van der Waals surface area contributed by atoms with Crippen LogP contribution in [0.3, 0.4) is 0 Å². The van der Waals surface area contributed by atoms with Gasteiger partial charge in [0.15, 0.2) is 5.13 Å². The van der Waals surface area contributed by atoms with E-state index in [-0.39, 0.29) is 29.7 Å². The van der Waals surface area contributed by atoms with Crippen LogP contribution in [0.4, 0.5) is 11.1 Å². The summed E-state index contributed by atoms with van der Waals surface area (Å²) in [6, 6.07) is 7.81. The summed E-state index contributed by atoms with van der Waals surface area (Å²) < 4.78 is 2.02. The largest absolute Gasteiger partial charge is 0.305 e.